The number of hydrogen-bond donors (Lipinski definition) is 0. The molecule has 27 heavy (non-hydrogen) atoms. The maximum Gasteiger partial charge on any atom is 0.270 e. The highest BCUT2D eigenvalue weighted by Gasteiger charge is 2.53. The van der Waals surface area contributed by atoms with Crippen LogP contribution in [0.25, 0.3) is 6.08 Å². The SMILES string of the molecule is CC(=O)C1C2c3ccccc3OC1(C)N=c1s/c(=C\c3cccs3)c(=O)n12. The molecule has 7 heteroatoms. The lowest BCUT2D eigenvalue weighted by Gasteiger charge is -2.45. The number of carbonyl (C=O) groups is 1. The van der Waals surface area contributed by atoms with Gasteiger partial charge < -0.3 is 4.74 Å². The Kier molecular flexibility index (Phi) is 3.54. The van der Waals surface area contributed by atoms with Crippen LogP contribution in [0.15, 0.2) is 51.6 Å². The van der Waals surface area contributed by atoms with Gasteiger partial charge >= 0.3 is 0 Å². The monoisotopic (exact) mass is 396 g/mol. The molecule has 2 aliphatic rings. The van der Waals surface area contributed by atoms with Crippen LogP contribution >= 0.6 is 22.7 Å². The number of ketones is 1. The average molecular weight is 396 g/mol. The molecular formula is C20H16N2O3S2. The second-order valence-corrected chi connectivity index (χ2v) is 8.91. The van der Waals surface area contributed by atoms with Gasteiger partial charge in [0.2, 0.25) is 5.72 Å². The van der Waals surface area contributed by atoms with Gasteiger partial charge in [-0.15, -0.1) is 11.3 Å². The molecule has 2 aromatic heterocycles. The number of rotatable bonds is 2. The fourth-order valence-corrected chi connectivity index (χ4v) is 5.88. The second kappa shape index (κ2) is 5.74. The molecule has 0 fully saturated rings. The summed E-state index contributed by atoms with van der Waals surface area (Å²) in [5.74, 6) is 0.105. The maximum absolute atomic E-state index is 13.3. The van der Waals surface area contributed by atoms with E-state index in [1.54, 1.807) is 22.8 Å². The lowest BCUT2D eigenvalue weighted by atomic mass is 9.79. The first-order valence-electron chi connectivity index (χ1n) is 8.63. The molecule has 3 aromatic rings. The van der Waals surface area contributed by atoms with E-state index in [4.69, 9.17) is 9.73 Å². The highest BCUT2D eigenvalue weighted by atomic mass is 32.1. The summed E-state index contributed by atoms with van der Waals surface area (Å²) in [5, 5.41) is 1.98. The smallest absolute Gasteiger partial charge is 0.270 e. The summed E-state index contributed by atoms with van der Waals surface area (Å²) in [5.41, 5.74) is -0.265. The van der Waals surface area contributed by atoms with Crippen LogP contribution in [0.1, 0.15) is 30.3 Å². The summed E-state index contributed by atoms with van der Waals surface area (Å²) < 4.78 is 8.47. The van der Waals surface area contributed by atoms with Crippen LogP contribution in [0.4, 0.5) is 0 Å². The molecule has 0 N–H and O–H groups in total. The molecular weight excluding hydrogens is 380 g/mol. The number of ether oxygens (including phenoxy) is 1. The highest BCUT2D eigenvalue weighted by molar-refractivity contribution is 7.11. The second-order valence-electron chi connectivity index (χ2n) is 6.92. The standard InChI is InChI=1S/C20H16N2O3S2/c1-11(23)16-17-13-7-3-4-8-14(13)25-20(16,2)21-19-22(17)18(24)15(27-19)10-12-6-5-9-26-12/h3-10,16-17H,1-2H3/b15-10-. The van der Waals surface area contributed by atoms with Crippen LogP contribution < -0.4 is 19.6 Å². The molecule has 0 saturated heterocycles. The van der Waals surface area contributed by atoms with Crippen molar-refractivity contribution in [2.24, 2.45) is 10.9 Å². The zero-order valence-electron chi connectivity index (χ0n) is 14.7. The normalized spacial score (nSPS) is 25.9. The predicted octanol–water partition coefficient (Wildman–Crippen LogP) is 2.34. The minimum Gasteiger partial charge on any atom is -0.465 e. The van der Waals surface area contributed by atoms with Crippen LogP contribution in [-0.2, 0) is 4.79 Å². The van der Waals surface area contributed by atoms with E-state index in [-0.39, 0.29) is 11.3 Å². The van der Waals surface area contributed by atoms with Crippen molar-refractivity contribution in [3.05, 3.63) is 71.9 Å². The van der Waals surface area contributed by atoms with Gasteiger partial charge in [0.15, 0.2) is 4.80 Å². The third kappa shape index (κ3) is 2.38. The van der Waals surface area contributed by atoms with E-state index in [2.05, 4.69) is 0 Å². The summed E-state index contributed by atoms with van der Waals surface area (Å²) in [6.45, 7) is 3.38. The van der Waals surface area contributed by atoms with Gasteiger partial charge in [-0.2, -0.15) is 0 Å². The van der Waals surface area contributed by atoms with E-state index in [9.17, 15) is 9.59 Å². The van der Waals surface area contributed by atoms with Crippen molar-refractivity contribution in [3.63, 3.8) is 0 Å². The van der Waals surface area contributed by atoms with Crippen LogP contribution in [0.3, 0.4) is 0 Å². The van der Waals surface area contributed by atoms with Gasteiger partial charge in [-0.25, -0.2) is 4.99 Å². The van der Waals surface area contributed by atoms with Crippen molar-refractivity contribution in [2.75, 3.05) is 0 Å². The third-order valence-electron chi connectivity index (χ3n) is 5.13. The minimum absolute atomic E-state index is 0.0340. The first kappa shape index (κ1) is 16.6. The molecule has 3 unspecified atom stereocenters. The van der Waals surface area contributed by atoms with Crippen molar-refractivity contribution in [2.45, 2.75) is 25.6 Å². The summed E-state index contributed by atoms with van der Waals surface area (Å²) >= 11 is 2.93. The van der Waals surface area contributed by atoms with Gasteiger partial charge in [-0.05, 0) is 37.4 Å². The van der Waals surface area contributed by atoms with Gasteiger partial charge in [0.05, 0.1) is 10.6 Å². The van der Waals surface area contributed by atoms with Crippen molar-refractivity contribution in [3.8, 4) is 5.75 Å². The van der Waals surface area contributed by atoms with E-state index in [0.717, 1.165) is 10.4 Å². The zero-order valence-corrected chi connectivity index (χ0v) is 16.3. The summed E-state index contributed by atoms with van der Waals surface area (Å²) in [6.07, 6.45) is 1.89. The first-order valence-corrected chi connectivity index (χ1v) is 10.3. The van der Waals surface area contributed by atoms with Crippen molar-refractivity contribution >= 4 is 34.5 Å². The molecule has 0 spiro atoms. The quantitative estimate of drug-likeness (QED) is 0.668. The highest BCUT2D eigenvalue weighted by Crippen LogP contribution is 2.47. The molecule has 1 aromatic carbocycles. The van der Waals surface area contributed by atoms with E-state index >= 15 is 0 Å². The molecule has 0 amide bonds. The van der Waals surface area contributed by atoms with Gasteiger partial charge in [0, 0.05) is 10.4 Å². The van der Waals surface area contributed by atoms with E-state index in [1.165, 1.54) is 11.3 Å². The molecule has 2 bridgehead atoms. The summed E-state index contributed by atoms with van der Waals surface area (Å²) in [4.78, 5) is 32.2. The number of benzene rings is 1. The van der Waals surface area contributed by atoms with Crippen LogP contribution in [0, 0.1) is 5.92 Å². The molecule has 5 rings (SSSR count). The Bertz CT molecular complexity index is 1240. The Morgan fingerprint density at radius 2 is 2.11 bits per heavy atom. The Morgan fingerprint density at radius 3 is 2.85 bits per heavy atom. The minimum atomic E-state index is -1.01. The summed E-state index contributed by atoms with van der Waals surface area (Å²) in [7, 11) is 0. The number of carbonyl (C=O) groups excluding carboxylic acids is 1. The van der Waals surface area contributed by atoms with Crippen LogP contribution in [-0.4, -0.2) is 16.1 Å². The van der Waals surface area contributed by atoms with Crippen LogP contribution in [0.5, 0.6) is 5.75 Å². The Hall–Kier alpha value is -2.51. The van der Waals surface area contributed by atoms with Gasteiger partial charge in [-0.1, -0.05) is 35.6 Å². The Morgan fingerprint density at radius 1 is 1.30 bits per heavy atom. The molecule has 5 nitrogen and oxygen atoms in total. The van der Waals surface area contributed by atoms with Crippen LogP contribution in [0.2, 0.25) is 0 Å². The molecule has 0 saturated carbocycles. The molecule has 4 heterocycles. The number of thiophene rings is 1. The lowest BCUT2D eigenvalue weighted by Crippen LogP contribution is -2.58. The number of para-hydroxylation sites is 1. The molecule has 136 valence electrons. The van der Waals surface area contributed by atoms with E-state index in [1.807, 2.05) is 54.8 Å². The van der Waals surface area contributed by atoms with Crippen molar-refractivity contribution in [1.29, 1.82) is 0 Å². The number of aromatic nitrogens is 1. The zero-order chi connectivity index (χ0) is 18.8. The Labute approximate surface area is 162 Å². The predicted molar refractivity (Wildman–Crippen MR) is 105 cm³/mol. The number of hydrogen-bond acceptors (Lipinski definition) is 6. The lowest BCUT2D eigenvalue weighted by molar-refractivity contribution is -0.132. The largest absolute Gasteiger partial charge is 0.465 e. The number of Topliss-reactive ketones (excluding diaryl/α,β-unsaturated/α-hetero) is 1. The van der Waals surface area contributed by atoms with Gasteiger partial charge in [0.1, 0.15) is 17.5 Å². The summed E-state index contributed by atoms with van der Waals surface area (Å²) in [6, 6.07) is 11.1. The average Bonchev–Trinajstić information content (AvgIpc) is 3.22. The van der Waals surface area contributed by atoms with Gasteiger partial charge in [-0.3, -0.25) is 14.2 Å². The molecule has 2 aliphatic heterocycles. The van der Waals surface area contributed by atoms with E-state index in [0.29, 0.717) is 15.1 Å². The topological polar surface area (TPSA) is 60.7 Å². The molecule has 0 aliphatic carbocycles. The fraction of sp³-hybridized carbons (Fsp3) is 0.250. The van der Waals surface area contributed by atoms with E-state index < -0.39 is 17.7 Å². The fourth-order valence-electron chi connectivity index (χ4n) is 4.06. The van der Waals surface area contributed by atoms with Crippen molar-refractivity contribution < 1.29 is 9.53 Å². The molecule has 0 radical (unpaired) electrons. The van der Waals surface area contributed by atoms with Gasteiger partial charge in [0.25, 0.3) is 5.56 Å². The number of fused-ring (bicyclic) bond motifs is 6. The molecule has 3 atom stereocenters. The van der Waals surface area contributed by atoms with Crippen molar-refractivity contribution in [1.82, 2.24) is 4.57 Å². The maximum atomic E-state index is 13.3. The third-order valence-corrected chi connectivity index (χ3v) is 6.94. The first-order chi connectivity index (χ1) is 13.0. The number of thiazole rings is 1. The Balaban J connectivity index is 1.85. The number of nitrogens with zero attached hydrogens (tertiary/aromatic N) is 2.